The van der Waals surface area contributed by atoms with Crippen LogP contribution >= 0.6 is 37.2 Å². The maximum absolute atomic E-state index is 14.2. The number of hydrogen-bond acceptors (Lipinski definition) is 6. The van der Waals surface area contributed by atoms with Crippen molar-refractivity contribution in [3.8, 4) is 17.3 Å². The molecule has 0 spiro atoms. The molecule has 0 aliphatic carbocycles. The van der Waals surface area contributed by atoms with Gasteiger partial charge in [0.15, 0.2) is 23.0 Å². The first-order chi connectivity index (χ1) is 15.0. The van der Waals surface area contributed by atoms with Crippen molar-refractivity contribution in [2.75, 3.05) is 19.7 Å². The van der Waals surface area contributed by atoms with Crippen LogP contribution in [0.4, 0.5) is 4.39 Å². The Bertz CT molecular complexity index is 1270. The number of nitrogens with zero attached hydrogens (tertiary/aromatic N) is 5. The highest BCUT2D eigenvalue weighted by molar-refractivity contribution is 5.86. The zero-order valence-electron chi connectivity index (χ0n) is 18.8. The van der Waals surface area contributed by atoms with Gasteiger partial charge in [0.25, 0.3) is 0 Å². The Labute approximate surface area is 216 Å². The van der Waals surface area contributed by atoms with Gasteiger partial charge in [0.1, 0.15) is 5.69 Å². The Balaban J connectivity index is 0.00000136. The van der Waals surface area contributed by atoms with Crippen LogP contribution < -0.4 is 10.5 Å². The Hall–Kier alpha value is -2.23. The molecule has 0 amide bonds. The molecule has 2 N–H and O–H groups in total. The van der Waals surface area contributed by atoms with Gasteiger partial charge < -0.3 is 10.5 Å². The van der Waals surface area contributed by atoms with Crippen LogP contribution in [0.2, 0.25) is 0 Å². The molecular formula is C23H28Cl3FN6O. The molecule has 3 aromatic heterocycles. The van der Waals surface area contributed by atoms with Gasteiger partial charge in [-0.1, -0.05) is 12.1 Å². The minimum Gasteiger partial charge on any atom is -0.491 e. The van der Waals surface area contributed by atoms with Crippen LogP contribution in [0.3, 0.4) is 0 Å². The molecule has 1 aliphatic heterocycles. The highest BCUT2D eigenvalue weighted by Gasteiger charge is 2.25. The van der Waals surface area contributed by atoms with Crippen LogP contribution in [-0.4, -0.2) is 50.2 Å². The summed E-state index contributed by atoms with van der Waals surface area (Å²) < 4.78 is 21.5. The zero-order chi connectivity index (χ0) is 21.5. The summed E-state index contributed by atoms with van der Waals surface area (Å²) in [5, 5.41) is 9.38. The molecule has 7 nitrogen and oxygen atoms in total. The number of rotatable bonds is 5. The van der Waals surface area contributed by atoms with E-state index >= 15 is 0 Å². The van der Waals surface area contributed by atoms with E-state index in [0.717, 1.165) is 25.2 Å². The topological polar surface area (TPSA) is 81.6 Å². The third-order valence-corrected chi connectivity index (χ3v) is 5.98. The SMILES string of the molecule is CCOc1cc2nc(-c3nnc4ccc([C@H](C)N5CCC(N)C5)cn34)ccc2cc1F.Cl.Cl.Cl. The molecule has 5 rings (SSSR count). The summed E-state index contributed by atoms with van der Waals surface area (Å²) in [6.07, 6.45) is 3.09. The molecule has 1 fully saturated rings. The van der Waals surface area contributed by atoms with Crippen molar-refractivity contribution in [1.29, 1.82) is 0 Å². The van der Waals surface area contributed by atoms with Gasteiger partial charge in [-0.25, -0.2) is 9.37 Å². The predicted octanol–water partition coefficient (Wildman–Crippen LogP) is 4.84. The number of ether oxygens (including phenoxy) is 1. The van der Waals surface area contributed by atoms with E-state index in [0.29, 0.717) is 29.0 Å². The van der Waals surface area contributed by atoms with Crippen LogP contribution in [0, 0.1) is 5.82 Å². The average molecular weight is 530 g/mol. The first-order valence-corrected chi connectivity index (χ1v) is 10.6. The van der Waals surface area contributed by atoms with Gasteiger partial charge in [0.2, 0.25) is 0 Å². The minimum atomic E-state index is -0.392. The third kappa shape index (κ3) is 5.21. The number of aromatic nitrogens is 4. The quantitative estimate of drug-likeness (QED) is 0.398. The van der Waals surface area contributed by atoms with E-state index in [2.05, 4.69) is 34.3 Å². The maximum atomic E-state index is 14.2. The highest BCUT2D eigenvalue weighted by atomic mass is 35.5. The van der Waals surface area contributed by atoms with Crippen LogP contribution in [0.5, 0.6) is 5.75 Å². The Morgan fingerprint density at radius 2 is 1.94 bits per heavy atom. The van der Waals surface area contributed by atoms with Gasteiger partial charge >= 0.3 is 0 Å². The molecule has 11 heteroatoms. The van der Waals surface area contributed by atoms with E-state index < -0.39 is 5.82 Å². The molecule has 1 aromatic carbocycles. The molecule has 4 heterocycles. The molecule has 2 atom stereocenters. The van der Waals surface area contributed by atoms with Crippen LogP contribution in [0.25, 0.3) is 28.1 Å². The van der Waals surface area contributed by atoms with Gasteiger partial charge in [-0.2, -0.15) is 0 Å². The summed E-state index contributed by atoms with van der Waals surface area (Å²) in [5.41, 5.74) is 9.33. The number of benzene rings is 1. The molecule has 4 aromatic rings. The maximum Gasteiger partial charge on any atom is 0.187 e. The summed E-state index contributed by atoms with van der Waals surface area (Å²) in [4.78, 5) is 7.11. The molecule has 1 unspecified atom stereocenters. The number of fused-ring (bicyclic) bond motifs is 2. The second-order valence-electron chi connectivity index (χ2n) is 8.04. The molecule has 184 valence electrons. The fourth-order valence-corrected chi connectivity index (χ4v) is 4.22. The summed E-state index contributed by atoms with van der Waals surface area (Å²) in [5.74, 6) is 0.453. The highest BCUT2D eigenvalue weighted by Crippen LogP contribution is 2.28. The summed E-state index contributed by atoms with van der Waals surface area (Å²) in [7, 11) is 0. The molecule has 0 radical (unpaired) electrons. The first kappa shape index (κ1) is 28.0. The number of likely N-dealkylation sites (tertiary alicyclic amines) is 1. The second kappa shape index (κ2) is 11.5. The van der Waals surface area contributed by atoms with Crippen molar-refractivity contribution >= 4 is 53.8 Å². The molecule has 1 saturated heterocycles. The monoisotopic (exact) mass is 528 g/mol. The number of hydrogen-bond donors (Lipinski definition) is 1. The lowest BCUT2D eigenvalue weighted by Gasteiger charge is -2.24. The minimum absolute atomic E-state index is 0. The number of halogens is 4. The summed E-state index contributed by atoms with van der Waals surface area (Å²) in [6.45, 7) is 6.31. The zero-order valence-corrected chi connectivity index (χ0v) is 21.3. The van der Waals surface area contributed by atoms with Crippen molar-refractivity contribution in [3.05, 3.63) is 54.0 Å². The fraction of sp³-hybridized carbons (Fsp3) is 0.348. The lowest BCUT2D eigenvalue weighted by molar-refractivity contribution is 0.259. The second-order valence-corrected chi connectivity index (χ2v) is 8.04. The van der Waals surface area contributed by atoms with Gasteiger partial charge in [-0.15, -0.1) is 47.4 Å². The van der Waals surface area contributed by atoms with Crippen molar-refractivity contribution in [3.63, 3.8) is 0 Å². The number of nitrogens with two attached hydrogens (primary N) is 1. The normalized spacial score (nSPS) is 16.5. The van der Waals surface area contributed by atoms with Crippen LogP contribution in [0.1, 0.15) is 31.9 Å². The third-order valence-electron chi connectivity index (χ3n) is 5.98. The summed E-state index contributed by atoms with van der Waals surface area (Å²) >= 11 is 0. The lowest BCUT2D eigenvalue weighted by Crippen LogP contribution is -2.28. The molecule has 1 aliphatic rings. The average Bonchev–Trinajstić information content (AvgIpc) is 3.39. The van der Waals surface area contributed by atoms with E-state index in [4.69, 9.17) is 15.5 Å². The van der Waals surface area contributed by atoms with E-state index in [-0.39, 0.29) is 55.1 Å². The molecule has 0 bridgehead atoms. The summed E-state index contributed by atoms with van der Waals surface area (Å²) in [6, 6.07) is 11.3. The van der Waals surface area contributed by atoms with E-state index in [1.807, 2.05) is 29.5 Å². The standard InChI is InChI=1S/C23H25FN6O.3ClH/c1-3-31-21-11-20-15(10-18(21)24)4-6-19(26-20)23-28-27-22-7-5-16(12-30(22)23)14(2)29-9-8-17(25)13-29;;;/h4-7,10-12,14,17H,3,8-9,13,25H2,1-2H3;3*1H/t14-,17?;;;/m0.../s1. The Morgan fingerprint density at radius 1 is 1.15 bits per heavy atom. The Kier molecular flexibility index (Phi) is 9.45. The van der Waals surface area contributed by atoms with Crippen molar-refractivity contribution in [2.45, 2.75) is 32.4 Å². The van der Waals surface area contributed by atoms with E-state index in [9.17, 15) is 4.39 Å². The van der Waals surface area contributed by atoms with E-state index in [1.165, 1.54) is 11.6 Å². The first-order valence-electron chi connectivity index (χ1n) is 10.6. The number of pyridine rings is 2. The van der Waals surface area contributed by atoms with Crippen molar-refractivity contribution in [1.82, 2.24) is 24.5 Å². The Morgan fingerprint density at radius 3 is 2.65 bits per heavy atom. The van der Waals surface area contributed by atoms with Crippen molar-refractivity contribution in [2.24, 2.45) is 5.73 Å². The van der Waals surface area contributed by atoms with Gasteiger partial charge in [-0.05, 0) is 44.0 Å². The van der Waals surface area contributed by atoms with E-state index in [1.54, 1.807) is 6.07 Å². The smallest absolute Gasteiger partial charge is 0.187 e. The molecule has 34 heavy (non-hydrogen) atoms. The fourth-order valence-electron chi connectivity index (χ4n) is 4.22. The lowest BCUT2D eigenvalue weighted by atomic mass is 10.1. The van der Waals surface area contributed by atoms with Gasteiger partial charge in [0.05, 0.1) is 12.1 Å². The molecule has 0 saturated carbocycles. The predicted molar refractivity (Wildman–Crippen MR) is 139 cm³/mol. The van der Waals surface area contributed by atoms with Crippen LogP contribution in [0.15, 0.2) is 42.6 Å². The van der Waals surface area contributed by atoms with Crippen molar-refractivity contribution < 1.29 is 9.13 Å². The van der Waals surface area contributed by atoms with Gasteiger partial charge in [-0.3, -0.25) is 9.30 Å². The van der Waals surface area contributed by atoms with Gasteiger partial charge in [0, 0.05) is 42.8 Å². The molecular weight excluding hydrogens is 502 g/mol. The van der Waals surface area contributed by atoms with Crippen LogP contribution in [-0.2, 0) is 0 Å². The largest absolute Gasteiger partial charge is 0.491 e.